The van der Waals surface area contributed by atoms with Gasteiger partial charge in [-0.15, -0.1) is 6.58 Å². The third-order valence-corrected chi connectivity index (χ3v) is 3.02. The van der Waals surface area contributed by atoms with Crippen LogP contribution in [0.5, 0.6) is 0 Å². The van der Waals surface area contributed by atoms with Crippen molar-refractivity contribution in [3.8, 4) is 0 Å². The molecule has 0 saturated heterocycles. The first kappa shape index (κ1) is 20.2. The van der Waals surface area contributed by atoms with Crippen molar-refractivity contribution in [2.75, 3.05) is 0 Å². The molecule has 0 amide bonds. The fourth-order valence-corrected chi connectivity index (χ4v) is 1.80. The Balaban J connectivity index is 3.42. The second-order valence-electron chi connectivity index (χ2n) is 5.10. The number of carbonyl (C=O) groups is 1. The van der Waals surface area contributed by atoms with E-state index in [1.54, 1.807) is 0 Å². The number of hydrogen-bond acceptors (Lipinski definition) is 1. The molecule has 122 valence electrons. The van der Waals surface area contributed by atoms with Crippen molar-refractivity contribution in [1.29, 1.82) is 0 Å². The molecule has 0 aliphatic rings. The predicted octanol–water partition coefficient (Wildman–Crippen LogP) is 5.99. The highest BCUT2D eigenvalue weighted by Gasteiger charge is 1.92. The minimum atomic E-state index is -0.716. The van der Waals surface area contributed by atoms with E-state index in [-0.39, 0.29) is 6.42 Å². The Hall–Kier alpha value is -1.83. The van der Waals surface area contributed by atoms with Gasteiger partial charge in [-0.3, -0.25) is 4.79 Å². The van der Waals surface area contributed by atoms with Crippen molar-refractivity contribution in [1.82, 2.24) is 0 Å². The first-order chi connectivity index (χ1) is 10.8. The minimum absolute atomic E-state index is 0.258. The number of carboxylic acids is 1. The van der Waals surface area contributed by atoms with Crippen LogP contribution in [0.25, 0.3) is 0 Å². The molecule has 2 nitrogen and oxygen atoms in total. The van der Waals surface area contributed by atoms with Crippen LogP contribution < -0.4 is 0 Å². The van der Waals surface area contributed by atoms with E-state index in [2.05, 4.69) is 55.2 Å². The van der Waals surface area contributed by atoms with Crippen LogP contribution in [-0.4, -0.2) is 11.1 Å². The van der Waals surface area contributed by atoms with E-state index in [1.165, 1.54) is 6.42 Å². The van der Waals surface area contributed by atoms with Gasteiger partial charge in [0.25, 0.3) is 0 Å². The molecular weight excluding hydrogens is 272 g/mol. The van der Waals surface area contributed by atoms with Crippen molar-refractivity contribution in [3.05, 3.63) is 61.3 Å². The molecule has 22 heavy (non-hydrogen) atoms. The fraction of sp³-hybridized carbons (Fsp3) is 0.450. The molecule has 0 heterocycles. The summed E-state index contributed by atoms with van der Waals surface area (Å²) >= 11 is 0. The molecule has 2 heteroatoms. The molecule has 0 saturated carbocycles. The van der Waals surface area contributed by atoms with Gasteiger partial charge in [0.2, 0.25) is 0 Å². The molecule has 0 radical (unpaired) electrons. The number of unbranched alkanes of at least 4 members (excludes halogenated alkanes) is 3. The average molecular weight is 302 g/mol. The van der Waals surface area contributed by atoms with Crippen LogP contribution in [-0.2, 0) is 4.79 Å². The molecule has 0 spiro atoms. The van der Waals surface area contributed by atoms with Gasteiger partial charge in [-0.25, -0.2) is 0 Å². The number of rotatable bonds is 14. The lowest BCUT2D eigenvalue weighted by Crippen LogP contribution is -1.92. The van der Waals surface area contributed by atoms with Crippen molar-refractivity contribution < 1.29 is 9.90 Å². The van der Waals surface area contributed by atoms with Gasteiger partial charge in [0.15, 0.2) is 0 Å². The van der Waals surface area contributed by atoms with Gasteiger partial charge in [0.05, 0.1) is 0 Å². The maximum Gasteiger partial charge on any atom is 0.303 e. The van der Waals surface area contributed by atoms with Gasteiger partial charge in [-0.05, 0) is 51.4 Å². The molecule has 0 aliphatic carbocycles. The Morgan fingerprint density at radius 1 is 0.727 bits per heavy atom. The molecule has 0 aromatic heterocycles. The van der Waals surface area contributed by atoms with Gasteiger partial charge in [0, 0.05) is 6.42 Å². The van der Waals surface area contributed by atoms with Crippen LogP contribution in [0.3, 0.4) is 0 Å². The topological polar surface area (TPSA) is 37.3 Å². The van der Waals surface area contributed by atoms with E-state index in [4.69, 9.17) is 5.11 Å². The fourth-order valence-electron chi connectivity index (χ4n) is 1.80. The minimum Gasteiger partial charge on any atom is -0.481 e. The van der Waals surface area contributed by atoms with Gasteiger partial charge in [0.1, 0.15) is 0 Å². The van der Waals surface area contributed by atoms with E-state index < -0.39 is 5.97 Å². The molecule has 0 aromatic rings. The zero-order valence-electron chi connectivity index (χ0n) is 13.6. The SMILES string of the molecule is C=CCCC/C=C/C/C=C/C/C=C/C/C=C/CCCC(=O)O. The van der Waals surface area contributed by atoms with Gasteiger partial charge < -0.3 is 5.11 Å². The number of allylic oxidation sites excluding steroid dienone is 9. The van der Waals surface area contributed by atoms with Gasteiger partial charge in [-0.1, -0.05) is 54.7 Å². The summed E-state index contributed by atoms with van der Waals surface area (Å²) in [7, 11) is 0. The predicted molar refractivity (Wildman–Crippen MR) is 95.9 cm³/mol. The maximum absolute atomic E-state index is 10.3. The molecule has 0 bridgehead atoms. The molecule has 0 aromatic carbocycles. The second kappa shape index (κ2) is 17.2. The van der Waals surface area contributed by atoms with Crippen LogP contribution in [0.4, 0.5) is 0 Å². The highest BCUT2D eigenvalue weighted by atomic mass is 16.4. The summed E-state index contributed by atoms with van der Waals surface area (Å²) in [5.41, 5.74) is 0. The summed E-state index contributed by atoms with van der Waals surface area (Å²) in [6.07, 6.45) is 27.4. The van der Waals surface area contributed by atoms with Crippen LogP contribution in [0.15, 0.2) is 61.3 Å². The average Bonchev–Trinajstić information content (AvgIpc) is 2.50. The van der Waals surface area contributed by atoms with Crippen LogP contribution >= 0.6 is 0 Å². The standard InChI is InChI=1S/C20H30O2/c1-2-3-4-5-6-7-8-9-10-11-12-13-14-15-16-17-18-19-20(21)22/h2,6-7,9-10,12-13,15-16H,1,3-5,8,11,14,17-19H2,(H,21,22)/b7-6+,10-9+,13-12+,16-15+. The van der Waals surface area contributed by atoms with Gasteiger partial charge in [-0.2, -0.15) is 0 Å². The highest BCUT2D eigenvalue weighted by molar-refractivity contribution is 5.66. The third-order valence-electron chi connectivity index (χ3n) is 3.02. The molecule has 0 unspecified atom stereocenters. The Morgan fingerprint density at radius 3 is 1.64 bits per heavy atom. The number of aliphatic carboxylic acids is 1. The van der Waals surface area contributed by atoms with E-state index in [0.29, 0.717) is 0 Å². The third kappa shape index (κ3) is 18.2. The van der Waals surface area contributed by atoms with Crippen molar-refractivity contribution >= 4 is 5.97 Å². The van der Waals surface area contributed by atoms with Crippen LogP contribution in [0.2, 0.25) is 0 Å². The van der Waals surface area contributed by atoms with Crippen molar-refractivity contribution in [2.24, 2.45) is 0 Å². The number of hydrogen-bond donors (Lipinski definition) is 1. The molecular formula is C20H30O2. The van der Waals surface area contributed by atoms with Crippen LogP contribution in [0.1, 0.15) is 57.8 Å². The lowest BCUT2D eigenvalue weighted by molar-refractivity contribution is -0.137. The normalized spacial score (nSPS) is 12.2. The maximum atomic E-state index is 10.3. The second-order valence-corrected chi connectivity index (χ2v) is 5.10. The van der Waals surface area contributed by atoms with E-state index >= 15 is 0 Å². The molecule has 0 rings (SSSR count). The Morgan fingerprint density at radius 2 is 1.18 bits per heavy atom. The zero-order chi connectivity index (χ0) is 16.3. The first-order valence-electron chi connectivity index (χ1n) is 8.20. The Labute approximate surface area is 135 Å². The summed E-state index contributed by atoms with van der Waals surface area (Å²) in [6.45, 7) is 3.71. The van der Waals surface area contributed by atoms with Crippen LogP contribution in [0, 0.1) is 0 Å². The van der Waals surface area contributed by atoms with Crippen molar-refractivity contribution in [3.63, 3.8) is 0 Å². The zero-order valence-corrected chi connectivity index (χ0v) is 13.6. The monoisotopic (exact) mass is 302 g/mol. The molecule has 0 fully saturated rings. The van der Waals surface area contributed by atoms with Crippen molar-refractivity contribution in [2.45, 2.75) is 57.8 Å². The smallest absolute Gasteiger partial charge is 0.303 e. The lowest BCUT2D eigenvalue weighted by Gasteiger charge is -1.90. The van der Waals surface area contributed by atoms with E-state index in [0.717, 1.165) is 44.9 Å². The summed E-state index contributed by atoms with van der Waals surface area (Å²) in [5, 5.41) is 8.49. The summed E-state index contributed by atoms with van der Waals surface area (Å²) < 4.78 is 0. The summed E-state index contributed by atoms with van der Waals surface area (Å²) in [5.74, 6) is -0.716. The van der Waals surface area contributed by atoms with E-state index in [9.17, 15) is 4.79 Å². The molecule has 0 atom stereocenters. The molecule has 0 aliphatic heterocycles. The highest BCUT2D eigenvalue weighted by Crippen LogP contribution is 2.00. The summed E-state index contributed by atoms with van der Waals surface area (Å²) in [4.78, 5) is 10.3. The quantitative estimate of drug-likeness (QED) is 0.316. The van der Waals surface area contributed by atoms with E-state index in [1.807, 2.05) is 6.08 Å². The van der Waals surface area contributed by atoms with Gasteiger partial charge >= 0.3 is 5.97 Å². The lowest BCUT2D eigenvalue weighted by atomic mass is 10.2. The Bertz CT molecular complexity index is 387. The first-order valence-corrected chi connectivity index (χ1v) is 8.20. The number of carboxylic acid groups (broad SMARTS) is 1. The molecule has 1 N–H and O–H groups in total. The summed E-state index contributed by atoms with van der Waals surface area (Å²) in [6, 6.07) is 0. The largest absolute Gasteiger partial charge is 0.481 e. The Kier molecular flexibility index (Phi) is 15.8.